The lowest BCUT2D eigenvalue weighted by Crippen LogP contribution is -2.44. The number of primary amides is 1. The van der Waals surface area contributed by atoms with Crippen LogP contribution in [-0.4, -0.2) is 24.3 Å². The van der Waals surface area contributed by atoms with E-state index in [2.05, 4.69) is 5.32 Å². The van der Waals surface area contributed by atoms with Crippen molar-refractivity contribution in [3.05, 3.63) is 59.2 Å². The van der Waals surface area contributed by atoms with E-state index >= 15 is 0 Å². The molecular weight excluding hydrogens is 288 g/mol. The number of amides is 1. The smallest absolute Gasteiger partial charge is 0.248 e. The Morgan fingerprint density at radius 1 is 1.17 bits per heavy atom. The van der Waals surface area contributed by atoms with Crippen molar-refractivity contribution in [3.63, 3.8) is 0 Å². The molecule has 0 saturated carbocycles. The molecule has 4 nitrogen and oxygen atoms in total. The van der Waals surface area contributed by atoms with Gasteiger partial charge in [0.2, 0.25) is 5.91 Å². The predicted octanol–water partition coefficient (Wildman–Crippen LogP) is 2.70. The second-order valence-electron chi connectivity index (χ2n) is 6.01. The minimum absolute atomic E-state index is 0.148. The molecule has 1 heterocycles. The average Bonchev–Trinajstić information content (AvgIpc) is 2.50. The molecule has 0 bridgehead atoms. The molecule has 1 fully saturated rings. The average molecular weight is 308 g/mol. The van der Waals surface area contributed by atoms with Crippen molar-refractivity contribution in [2.75, 3.05) is 6.54 Å². The number of Topliss-reactive ketones (excluding diaryl/α,β-unsaturated/α-hetero) is 1. The first kappa shape index (κ1) is 15.4. The monoisotopic (exact) mass is 308 g/mol. The standard InChI is InChI=1S/C19H20N2O2/c1-12-10-13(6-7-15(12)19(20)23)16-4-2-3-5-17(16)18(22)11-14-8-9-21-14/h2-7,10,14,21H,8-9,11H2,1H3,(H2,20,23). The zero-order chi connectivity index (χ0) is 16.4. The molecule has 2 aromatic rings. The Balaban J connectivity index is 1.95. The van der Waals surface area contributed by atoms with Crippen LogP contribution in [0.4, 0.5) is 0 Å². The maximum Gasteiger partial charge on any atom is 0.248 e. The molecule has 1 saturated heterocycles. The highest BCUT2D eigenvalue weighted by Crippen LogP contribution is 2.27. The van der Waals surface area contributed by atoms with E-state index in [1.54, 1.807) is 6.07 Å². The lowest BCUT2D eigenvalue weighted by Gasteiger charge is -2.27. The molecule has 0 aliphatic carbocycles. The Hall–Kier alpha value is -2.46. The number of benzene rings is 2. The van der Waals surface area contributed by atoms with Crippen molar-refractivity contribution >= 4 is 11.7 Å². The maximum atomic E-state index is 12.6. The first-order valence-electron chi connectivity index (χ1n) is 7.82. The van der Waals surface area contributed by atoms with Crippen LogP contribution in [0.2, 0.25) is 0 Å². The molecule has 3 N–H and O–H groups in total. The SMILES string of the molecule is Cc1cc(-c2ccccc2C(=O)CC2CCN2)ccc1C(N)=O. The van der Waals surface area contributed by atoms with Gasteiger partial charge in [0.05, 0.1) is 0 Å². The number of hydrogen-bond acceptors (Lipinski definition) is 3. The van der Waals surface area contributed by atoms with Gasteiger partial charge in [-0.15, -0.1) is 0 Å². The summed E-state index contributed by atoms with van der Waals surface area (Å²) in [5, 5.41) is 3.26. The Morgan fingerprint density at radius 2 is 1.91 bits per heavy atom. The van der Waals surface area contributed by atoms with E-state index in [-0.39, 0.29) is 5.78 Å². The van der Waals surface area contributed by atoms with Gasteiger partial charge in [-0.2, -0.15) is 0 Å². The Morgan fingerprint density at radius 3 is 2.52 bits per heavy atom. The molecule has 3 rings (SSSR count). The van der Waals surface area contributed by atoms with Crippen LogP contribution in [0.1, 0.15) is 39.1 Å². The number of hydrogen-bond donors (Lipinski definition) is 2. The summed E-state index contributed by atoms with van der Waals surface area (Å²) in [6, 6.07) is 13.4. The number of rotatable bonds is 5. The quantitative estimate of drug-likeness (QED) is 0.834. The molecule has 1 aliphatic heterocycles. The zero-order valence-electron chi connectivity index (χ0n) is 13.1. The lowest BCUT2D eigenvalue weighted by atomic mass is 9.91. The van der Waals surface area contributed by atoms with Gasteiger partial charge in [0.25, 0.3) is 0 Å². The highest BCUT2D eigenvalue weighted by molar-refractivity contribution is 6.03. The summed E-state index contributed by atoms with van der Waals surface area (Å²) >= 11 is 0. The third-order valence-corrected chi connectivity index (χ3v) is 4.39. The Kier molecular flexibility index (Phi) is 4.26. The van der Waals surface area contributed by atoms with Crippen LogP contribution in [0, 0.1) is 6.92 Å². The summed E-state index contributed by atoms with van der Waals surface area (Å²) in [6.45, 7) is 2.85. The molecule has 0 aromatic heterocycles. The van der Waals surface area contributed by atoms with E-state index in [1.165, 1.54) is 0 Å². The van der Waals surface area contributed by atoms with Crippen LogP contribution in [-0.2, 0) is 0 Å². The molecular formula is C19H20N2O2. The van der Waals surface area contributed by atoms with E-state index in [9.17, 15) is 9.59 Å². The molecule has 1 atom stereocenters. The second-order valence-corrected chi connectivity index (χ2v) is 6.01. The summed E-state index contributed by atoms with van der Waals surface area (Å²) in [5.74, 6) is -0.288. The Bertz CT molecular complexity index is 764. The van der Waals surface area contributed by atoms with Crippen molar-refractivity contribution < 1.29 is 9.59 Å². The number of nitrogens with one attached hydrogen (secondary N) is 1. The lowest BCUT2D eigenvalue weighted by molar-refractivity contribution is 0.0955. The molecule has 4 heteroatoms. The summed E-state index contributed by atoms with van der Waals surface area (Å²) in [7, 11) is 0. The van der Waals surface area contributed by atoms with Gasteiger partial charge in [0.15, 0.2) is 5.78 Å². The largest absolute Gasteiger partial charge is 0.366 e. The highest BCUT2D eigenvalue weighted by Gasteiger charge is 2.22. The van der Waals surface area contributed by atoms with Crippen molar-refractivity contribution in [2.24, 2.45) is 5.73 Å². The van der Waals surface area contributed by atoms with Crippen molar-refractivity contribution in [1.29, 1.82) is 0 Å². The van der Waals surface area contributed by atoms with Gasteiger partial charge in [0, 0.05) is 23.6 Å². The van der Waals surface area contributed by atoms with Gasteiger partial charge in [-0.05, 0) is 42.6 Å². The van der Waals surface area contributed by atoms with Gasteiger partial charge in [-0.25, -0.2) is 0 Å². The van der Waals surface area contributed by atoms with E-state index in [0.717, 1.165) is 35.2 Å². The van der Waals surface area contributed by atoms with Crippen LogP contribution in [0.5, 0.6) is 0 Å². The minimum Gasteiger partial charge on any atom is -0.366 e. The fourth-order valence-corrected chi connectivity index (χ4v) is 2.94. The molecule has 1 unspecified atom stereocenters. The molecule has 23 heavy (non-hydrogen) atoms. The van der Waals surface area contributed by atoms with Gasteiger partial charge in [0.1, 0.15) is 0 Å². The molecule has 0 spiro atoms. The maximum absolute atomic E-state index is 12.6. The second kappa shape index (κ2) is 6.34. The first-order chi connectivity index (χ1) is 11.1. The number of carbonyl (C=O) groups excluding carboxylic acids is 2. The molecule has 0 radical (unpaired) electrons. The van der Waals surface area contributed by atoms with Crippen molar-refractivity contribution in [1.82, 2.24) is 5.32 Å². The topological polar surface area (TPSA) is 72.2 Å². The highest BCUT2D eigenvalue weighted by atomic mass is 16.1. The van der Waals surface area contributed by atoms with Crippen molar-refractivity contribution in [3.8, 4) is 11.1 Å². The third-order valence-electron chi connectivity index (χ3n) is 4.39. The van der Waals surface area contributed by atoms with Crippen LogP contribution < -0.4 is 11.1 Å². The van der Waals surface area contributed by atoms with Gasteiger partial charge < -0.3 is 11.1 Å². The van der Waals surface area contributed by atoms with Gasteiger partial charge in [-0.1, -0.05) is 36.4 Å². The molecule has 1 aliphatic rings. The zero-order valence-corrected chi connectivity index (χ0v) is 13.1. The van der Waals surface area contributed by atoms with Crippen LogP contribution in [0.3, 0.4) is 0 Å². The fourth-order valence-electron chi connectivity index (χ4n) is 2.94. The molecule has 2 aromatic carbocycles. The van der Waals surface area contributed by atoms with Gasteiger partial charge >= 0.3 is 0 Å². The minimum atomic E-state index is -0.436. The summed E-state index contributed by atoms with van der Waals surface area (Å²) in [5.41, 5.74) is 9.24. The number of ketones is 1. The number of aryl methyl sites for hydroxylation is 1. The van der Waals surface area contributed by atoms with E-state index in [1.807, 2.05) is 43.3 Å². The molecule has 118 valence electrons. The predicted molar refractivity (Wildman–Crippen MR) is 90.5 cm³/mol. The van der Waals surface area contributed by atoms with Crippen LogP contribution in [0.25, 0.3) is 11.1 Å². The summed E-state index contributed by atoms with van der Waals surface area (Å²) < 4.78 is 0. The summed E-state index contributed by atoms with van der Waals surface area (Å²) in [4.78, 5) is 24.0. The van der Waals surface area contributed by atoms with Crippen LogP contribution in [0.15, 0.2) is 42.5 Å². The Labute approximate surface area is 135 Å². The normalized spacial score (nSPS) is 16.7. The molecule has 1 amide bonds. The van der Waals surface area contributed by atoms with E-state index in [0.29, 0.717) is 18.0 Å². The van der Waals surface area contributed by atoms with E-state index < -0.39 is 5.91 Å². The number of nitrogens with two attached hydrogens (primary N) is 1. The van der Waals surface area contributed by atoms with Crippen molar-refractivity contribution in [2.45, 2.75) is 25.8 Å². The first-order valence-corrected chi connectivity index (χ1v) is 7.82. The summed E-state index contributed by atoms with van der Waals surface area (Å²) in [6.07, 6.45) is 1.58. The van der Waals surface area contributed by atoms with E-state index in [4.69, 9.17) is 5.73 Å². The fraction of sp³-hybridized carbons (Fsp3) is 0.263. The van der Waals surface area contributed by atoms with Crippen LogP contribution >= 0.6 is 0 Å². The third kappa shape index (κ3) is 3.17. The van der Waals surface area contributed by atoms with Gasteiger partial charge in [-0.3, -0.25) is 9.59 Å². The number of carbonyl (C=O) groups is 2.